The van der Waals surface area contributed by atoms with Crippen molar-refractivity contribution in [2.24, 2.45) is 0 Å². The van der Waals surface area contributed by atoms with Crippen molar-refractivity contribution in [2.75, 3.05) is 6.61 Å². The van der Waals surface area contributed by atoms with Gasteiger partial charge in [-0.3, -0.25) is 4.68 Å². The standard InChI is InChI=1S/C11H15F3N2O2/c1-3-5-6-16-9(11(12,13)14)8(7-15-16)10(17)18-4-2/h7H,3-6H2,1-2H3. The van der Waals surface area contributed by atoms with Crippen molar-refractivity contribution in [1.82, 2.24) is 9.78 Å². The molecule has 0 N–H and O–H groups in total. The van der Waals surface area contributed by atoms with E-state index < -0.39 is 23.4 Å². The second kappa shape index (κ2) is 5.88. The van der Waals surface area contributed by atoms with E-state index in [4.69, 9.17) is 0 Å². The van der Waals surface area contributed by atoms with Gasteiger partial charge in [0.1, 0.15) is 5.56 Å². The highest BCUT2D eigenvalue weighted by Gasteiger charge is 2.40. The van der Waals surface area contributed by atoms with Gasteiger partial charge in [-0.25, -0.2) is 4.79 Å². The predicted molar refractivity (Wildman–Crippen MR) is 58.1 cm³/mol. The van der Waals surface area contributed by atoms with Crippen LogP contribution in [0, 0.1) is 0 Å². The van der Waals surface area contributed by atoms with Crippen LogP contribution >= 0.6 is 0 Å². The van der Waals surface area contributed by atoms with E-state index in [9.17, 15) is 18.0 Å². The molecule has 1 aromatic heterocycles. The zero-order chi connectivity index (χ0) is 13.8. The lowest BCUT2D eigenvalue weighted by molar-refractivity contribution is -0.144. The lowest BCUT2D eigenvalue weighted by Gasteiger charge is -2.11. The van der Waals surface area contributed by atoms with Crippen LogP contribution in [0.1, 0.15) is 42.7 Å². The van der Waals surface area contributed by atoms with Gasteiger partial charge in [-0.1, -0.05) is 13.3 Å². The fourth-order valence-corrected chi connectivity index (χ4v) is 1.52. The molecule has 7 heteroatoms. The van der Waals surface area contributed by atoms with Crippen molar-refractivity contribution in [1.29, 1.82) is 0 Å². The summed E-state index contributed by atoms with van der Waals surface area (Å²) in [6.07, 6.45) is -2.40. The fraction of sp³-hybridized carbons (Fsp3) is 0.636. The number of esters is 1. The average molecular weight is 264 g/mol. The number of carbonyl (C=O) groups is 1. The fourth-order valence-electron chi connectivity index (χ4n) is 1.52. The van der Waals surface area contributed by atoms with Crippen LogP contribution in [0.5, 0.6) is 0 Å². The molecule has 1 heterocycles. The van der Waals surface area contributed by atoms with Crippen molar-refractivity contribution in [3.63, 3.8) is 0 Å². The summed E-state index contributed by atoms with van der Waals surface area (Å²) >= 11 is 0. The van der Waals surface area contributed by atoms with Crippen LogP contribution in [0.25, 0.3) is 0 Å². The topological polar surface area (TPSA) is 44.1 Å². The van der Waals surface area contributed by atoms with E-state index in [1.54, 1.807) is 0 Å². The monoisotopic (exact) mass is 264 g/mol. The van der Waals surface area contributed by atoms with Gasteiger partial charge in [-0.2, -0.15) is 18.3 Å². The number of hydrogen-bond donors (Lipinski definition) is 0. The number of carbonyl (C=O) groups excluding carboxylic acids is 1. The van der Waals surface area contributed by atoms with Crippen molar-refractivity contribution in [3.05, 3.63) is 17.5 Å². The van der Waals surface area contributed by atoms with Crippen LogP contribution in [0.15, 0.2) is 6.20 Å². The number of alkyl halides is 3. The van der Waals surface area contributed by atoms with Crippen molar-refractivity contribution in [2.45, 2.75) is 39.4 Å². The third-order valence-corrected chi connectivity index (χ3v) is 2.33. The molecule has 1 rings (SSSR count). The van der Waals surface area contributed by atoms with Crippen LogP contribution in [0.4, 0.5) is 13.2 Å². The van der Waals surface area contributed by atoms with E-state index in [1.165, 1.54) is 6.92 Å². The van der Waals surface area contributed by atoms with Gasteiger partial charge in [-0.05, 0) is 13.3 Å². The molecule has 0 spiro atoms. The number of aryl methyl sites for hydroxylation is 1. The first-order valence-corrected chi connectivity index (χ1v) is 5.71. The minimum Gasteiger partial charge on any atom is -0.462 e. The van der Waals surface area contributed by atoms with Crippen LogP contribution in [-0.2, 0) is 17.5 Å². The molecule has 0 radical (unpaired) electrons. The van der Waals surface area contributed by atoms with E-state index in [0.717, 1.165) is 17.3 Å². The maximum Gasteiger partial charge on any atom is 0.433 e. The molecule has 0 fully saturated rings. The van der Waals surface area contributed by atoms with Gasteiger partial charge in [0.2, 0.25) is 0 Å². The largest absolute Gasteiger partial charge is 0.462 e. The molecule has 0 aliphatic rings. The number of ether oxygens (including phenoxy) is 1. The van der Waals surface area contributed by atoms with Gasteiger partial charge < -0.3 is 4.74 Å². The van der Waals surface area contributed by atoms with Gasteiger partial charge in [-0.15, -0.1) is 0 Å². The molecular weight excluding hydrogens is 249 g/mol. The molecule has 0 unspecified atom stereocenters. The Bertz CT molecular complexity index is 413. The number of unbranched alkanes of at least 4 members (excludes halogenated alkanes) is 1. The highest BCUT2D eigenvalue weighted by atomic mass is 19.4. The Balaban J connectivity index is 3.11. The highest BCUT2D eigenvalue weighted by molar-refractivity contribution is 5.90. The third kappa shape index (κ3) is 3.24. The summed E-state index contributed by atoms with van der Waals surface area (Å²) in [7, 11) is 0. The molecule has 4 nitrogen and oxygen atoms in total. The number of halogens is 3. The van der Waals surface area contributed by atoms with Crippen LogP contribution in [-0.4, -0.2) is 22.4 Å². The quantitative estimate of drug-likeness (QED) is 0.768. The Morgan fingerprint density at radius 1 is 1.44 bits per heavy atom. The summed E-state index contributed by atoms with van der Waals surface area (Å²) in [4.78, 5) is 11.4. The van der Waals surface area contributed by atoms with Gasteiger partial charge in [0.15, 0.2) is 5.69 Å². The Morgan fingerprint density at radius 3 is 2.61 bits per heavy atom. The lowest BCUT2D eigenvalue weighted by Crippen LogP contribution is -2.19. The van der Waals surface area contributed by atoms with E-state index >= 15 is 0 Å². The minimum absolute atomic E-state index is 0.0241. The lowest BCUT2D eigenvalue weighted by atomic mass is 10.2. The number of aromatic nitrogens is 2. The van der Waals surface area contributed by atoms with Gasteiger partial charge >= 0.3 is 12.1 Å². The Hall–Kier alpha value is -1.53. The first-order chi connectivity index (χ1) is 8.41. The second-order valence-electron chi connectivity index (χ2n) is 3.70. The predicted octanol–water partition coefficient (Wildman–Crippen LogP) is 2.88. The zero-order valence-electron chi connectivity index (χ0n) is 10.3. The van der Waals surface area contributed by atoms with Crippen LogP contribution in [0.2, 0.25) is 0 Å². The Labute approximate surface area is 103 Å². The van der Waals surface area contributed by atoms with Crippen molar-refractivity contribution < 1.29 is 22.7 Å². The van der Waals surface area contributed by atoms with Gasteiger partial charge in [0, 0.05) is 6.54 Å². The minimum atomic E-state index is -4.62. The van der Waals surface area contributed by atoms with Crippen molar-refractivity contribution >= 4 is 5.97 Å². The molecule has 0 bridgehead atoms. The summed E-state index contributed by atoms with van der Waals surface area (Å²) in [5.74, 6) is -0.993. The first-order valence-electron chi connectivity index (χ1n) is 5.71. The highest BCUT2D eigenvalue weighted by Crippen LogP contribution is 2.32. The van der Waals surface area contributed by atoms with E-state index in [-0.39, 0.29) is 13.2 Å². The van der Waals surface area contributed by atoms with E-state index in [1.807, 2.05) is 6.92 Å². The molecule has 1 aromatic rings. The van der Waals surface area contributed by atoms with E-state index in [2.05, 4.69) is 9.84 Å². The summed E-state index contributed by atoms with van der Waals surface area (Å²) in [5, 5.41) is 3.62. The molecule has 0 aliphatic carbocycles. The third-order valence-electron chi connectivity index (χ3n) is 2.33. The molecule has 0 aromatic carbocycles. The molecule has 102 valence electrons. The summed E-state index contributed by atoms with van der Waals surface area (Å²) < 4.78 is 44.1. The zero-order valence-corrected chi connectivity index (χ0v) is 10.3. The summed E-state index contributed by atoms with van der Waals surface area (Å²) in [5.41, 5.74) is -1.56. The average Bonchev–Trinajstić information content (AvgIpc) is 2.70. The molecule has 0 aliphatic heterocycles. The summed E-state index contributed by atoms with van der Waals surface area (Å²) in [6, 6.07) is 0. The molecule has 0 amide bonds. The maximum absolute atomic E-state index is 12.9. The number of rotatable bonds is 5. The molecule has 0 saturated heterocycles. The second-order valence-corrected chi connectivity index (χ2v) is 3.70. The SMILES string of the molecule is CCCCn1ncc(C(=O)OCC)c1C(F)(F)F. The smallest absolute Gasteiger partial charge is 0.433 e. The first kappa shape index (κ1) is 14.5. The molecular formula is C11H15F3N2O2. The summed E-state index contributed by atoms with van der Waals surface area (Å²) in [6.45, 7) is 3.55. The molecule has 18 heavy (non-hydrogen) atoms. The van der Waals surface area contributed by atoms with Gasteiger partial charge in [0.25, 0.3) is 0 Å². The van der Waals surface area contributed by atoms with Crippen molar-refractivity contribution in [3.8, 4) is 0 Å². The maximum atomic E-state index is 12.9. The number of hydrogen-bond acceptors (Lipinski definition) is 3. The normalized spacial score (nSPS) is 11.6. The Kier molecular flexibility index (Phi) is 4.75. The Morgan fingerprint density at radius 2 is 2.11 bits per heavy atom. The van der Waals surface area contributed by atoms with Crippen LogP contribution < -0.4 is 0 Å². The van der Waals surface area contributed by atoms with Gasteiger partial charge in [0.05, 0.1) is 12.8 Å². The molecule has 0 saturated carbocycles. The molecule has 0 atom stereocenters. The van der Waals surface area contributed by atoms with Crippen LogP contribution in [0.3, 0.4) is 0 Å². The number of nitrogens with zero attached hydrogens (tertiary/aromatic N) is 2. The van der Waals surface area contributed by atoms with E-state index in [0.29, 0.717) is 6.42 Å².